The zero-order chi connectivity index (χ0) is 22.7. The topological polar surface area (TPSA) is 112 Å². The summed E-state index contributed by atoms with van der Waals surface area (Å²) in [6.07, 6.45) is 6.24. The number of hydrogen-bond donors (Lipinski definition) is 3. The number of carboxylic acid groups (broad SMARTS) is 1. The van der Waals surface area contributed by atoms with Crippen LogP contribution >= 0.6 is 0 Å². The van der Waals surface area contributed by atoms with E-state index in [0.717, 1.165) is 37.1 Å². The minimum Gasteiger partial charge on any atom is -0.496 e. The lowest BCUT2D eigenvalue weighted by atomic mass is 9.95. The van der Waals surface area contributed by atoms with Crippen molar-refractivity contribution in [2.24, 2.45) is 0 Å². The first kappa shape index (κ1) is 22.1. The number of aliphatic hydroxyl groups is 1. The maximum Gasteiger partial charge on any atom is 0.337 e. The molecule has 1 aromatic heterocycles. The Bertz CT molecular complexity index is 964. The third-order valence-corrected chi connectivity index (χ3v) is 6.51. The van der Waals surface area contributed by atoms with Crippen LogP contribution in [-0.2, 0) is 6.42 Å². The largest absolute Gasteiger partial charge is 0.496 e. The Morgan fingerprint density at radius 2 is 1.94 bits per heavy atom. The molecule has 2 aliphatic rings. The number of nitrogens with one attached hydrogen (secondary N) is 1. The van der Waals surface area contributed by atoms with Crippen LogP contribution in [0.15, 0.2) is 36.5 Å². The van der Waals surface area contributed by atoms with E-state index in [-0.39, 0.29) is 36.2 Å². The van der Waals surface area contributed by atoms with Crippen LogP contribution in [0, 0.1) is 0 Å². The molecule has 0 aliphatic carbocycles. The van der Waals surface area contributed by atoms with Gasteiger partial charge in [0.15, 0.2) is 0 Å². The highest BCUT2D eigenvalue weighted by Gasteiger charge is 2.42. The smallest absolute Gasteiger partial charge is 0.337 e. The Labute approximate surface area is 187 Å². The molecule has 32 heavy (non-hydrogen) atoms. The van der Waals surface area contributed by atoms with E-state index in [4.69, 9.17) is 9.84 Å². The van der Waals surface area contributed by atoms with Crippen molar-refractivity contribution in [3.63, 3.8) is 0 Å². The molecule has 0 saturated carbocycles. The van der Waals surface area contributed by atoms with Gasteiger partial charge >= 0.3 is 5.97 Å². The number of fused-ring (bicyclic) bond motifs is 2. The fraction of sp³-hybridized carbons (Fsp3) is 0.458. The highest BCUT2D eigenvalue weighted by atomic mass is 16.5. The molecule has 2 aromatic rings. The van der Waals surface area contributed by atoms with E-state index in [9.17, 15) is 14.7 Å². The molecular weight excluding hydrogens is 410 g/mol. The van der Waals surface area contributed by atoms with Gasteiger partial charge in [0.2, 0.25) is 0 Å². The van der Waals surface area contributed by atoms with E-state index in [1.807, 2.05) is 18.2 Å². The first-order valence-corrected chi connectivity index (χ1v) is 11.1. The maximum atomic E-state index is 13.1. The van der Waals surface area contributed by atoms with Gasteiger partial charge in [-0.2, -0.15) is 0 Å². The summed E-state index contributed by atoms with van der Waals surface area (Å²) in [4.78, 5) is 30.9. The Balaban J connectivity index is 1.46. The normalized spacial score (nSPS) is 21.9. The number of nitrogens with zero attached hydrogens (tertiary/aromatic N) is 2. The van der Waals surface area contributed by atoms with Crippen molar-refractivity contribution in [3.8, 4) is 5.75 Å². The molecule has 0 spiro atoms. The zero-order valence-corrected chi connectivity index (χ0v) is 18.2. The van der Waals surface area contributed by atoms with Gasteiger partial charge in [-0.05, 0) is 62.8 Å². The van der Waals surface area contributed by atoms with Crippen LogP contribution in [0.5, 0.6) is 5.75 Å². The molecule has 4 rings (SSSR count). The summed E-state index contributed by atoms with van der Waals surface area (Å²) >= 11 is 0. The van der Waals surface area contributed by atoms with Crippen molar-refractivity contribution in [3.05, 3.63) is 53.2 Å². The number of aromatic carboxylic acids is 1. The van der Waals surface area contributed by atoms with Crippen molar-refractivity contribution in [2.45, 2.75) is 56.7 Å². The molecule has 3 atom stereocenters. The average Bonchev–Trinajstić information content (AvgIpc) is 3.07. The molecular formula is C24H29N3O5. The number of ether oxygens (including phenoxy) is 1. The van der Waals surface area contributed by atoms with E-state index in [2.05, 4.69) is 15.2 Å². The minimum atomic E-state index is -0.982. The predicted molar refractivity (Wildman–Crippen MR) is 119 cm³/mol. The summed E-state index contributed by atoms with van der Waals surface area (Å²) in [6.45, 7) is 0.0579. The molecule has 8 nitrogen and oxygen atoms in total. The molecule has 1 aromatic carbocycles. The summed E-state index contributed by atoms with van der Waals surface area (Å²) in [6, 6.07) is 9.42. The second-order valence-electron chi connectivity index (χ2n) is 8.46. The number of aromatic nitrogens is 1. The van der Waals surface area contributed by atoms with E-state index in [1.165, 1.54) is 6.20 Å². The second-order valence-corrected chi connectivity index (χ2v) is 8.46. The molecule has 2 fully saturated rings. The van der Waals surface area contributed by atoms with Gasteiger partial charge in [0.05, 0.1) is 12.7 Å². The Morgan fingerprint density at radius 1 is 1.19 bits per heavy atom. The number of carbonyl (C=O) groups excluding carboxylic acids is 1. The van der Waals surface area contributed by atoms with Gasteiger partial charge in [-0.25, -0.2) is 9.78 Å². The molecule has 0 radical (unpaired) electrons. The zero-order valence-electron chi connectivity index (χ0n) is 18.2. The highest BCUT2D eigenvalue weighted by molar-refractivity contribution is 5.96. The fourth-order valence-corrected chi connectivity index (χ4v) is 5.08. The monoisotopic (exact) mass is 439 g/mol. The van der Waals surface area contributed by atoms with Crippen molar-refractivity contribution >= 4 is 17.7 Å². The van der Waals surface area contributed by atoms with Gasteiger partial charge in [-0.3, -0.25) is 4.79 Å². The minimum absolute atomic E-state index is 0.0579. The van der Waals surface area contributed by atoms with E-state index in [0.29, 0.717) is 24.2 Å². The van der Waals surface area contributed by atoms with Crippen LogP contribution in [0.3, 0.4) is 0 Å². The summed E-state index contributed by atoms with van der Waals surface area (Å²) in [7, 11) is 1.59. The standard InChI is InChI=1S/C24H29N3O5/c1-32-21-6-2-4-20(19(21)5-3-11-28)23(29)26-16-12-17-8-9-18(13-16)27(17)22-10-7-15(14-25-22)24(30)31/h2,4,6-7,10,14,16-18,28H,3,5,8-9,11-13H2,1H3,(H,26,29)(H,30,31)/t16?,17-,18+. The van der Waals surface area contributed by atoms with Crippen LogP contribution in [0.2, 0.25) is 0 Å². The third kappa shape index (κ3) is 4.41. The van der Waals surface area contributed by atoms with Gasteiger partial charge in [-0.1, -0.05) is 6.07 Å². The Morgan fingerprint density at radius 3 is 2.53 bits per heavy atom. The second kappa shape index (κ2) is 9.56. The van der Waals surface area contributed by atoms with Crippen molar-refractivity contribution in [1.82, 2.24) is 10.3 Å². The average molecular weight is 440 g/mol. The SMILES string of the molecule is COc1cccc(C(=O)NC2C[C@H]3CC[C@@H](C2)N3c2ccc(C(=O)O)cn2)c1CCCO. The Kier molecular flexibility index (Phi) is 6.60. The fourth-order valence-electron chi connectivity index (χ4n) is 5.08. The van der Waals surface area contributed by atoms with Crippen LogP contribution in [0.1, 0.15) is 58.4 Å². The van der Waals surface area contributed by atoms with Gasteiger partial charge in [-0.15, -0.1) is 0 Å². The number of rotatable bonds is 8. The van der Waals surface area contributed by atoms with Gasteiger partial charge in [0, 0.05) is 42.1 Å². The van der Waals surface area contributed by atoms with E-state index >= 15 is 0 Å². The summed E-state index contributed by atoms with van der Waals surface area (Å²) in [5.41, 5.74) is 1.60. The number of hydrogen-bond acceptors (Lipinski definition) is 6. The van der Waals surface area contributed by atoms with Crippen molar-refractivity contribution in [1.29, 1.82) is 0 Å². The first-order chi connectivity index (χ1) is 15.5. The van der Waals surface area contributed by atoms with Crippen LogP contribution in [0.4, 0.5) is 5.82 Å². The number of carboxylic acids is 1. The molecule has 3 N–H and O–H groups in total. The third-order valence-electron chi connectivity index (χ3n) is 6.51. The van der Waals surface area contributed by atoms with Crippen LogP contribution in [0.25, 0.3) is 0 Å². The summed E-state index contributed by atoms with van der Waals surface area (Å²) in [5, 5.41) is 21.5. The number of anilines is 1. The quantitative estimate of drug-likeness (QED) is 0.580. The molecule has 3 heterocycles. The van der Waals surface area contributed by atoms with Crippen LogP contribution in [-0.4, -0.2) is 58.9 Å². The molecule has 170 valence electrons. The maximum absolute atomic E-state index is 13.1. The number of carbonyl (C=O) groups is 2. The lowest BCUT2D eigenvalue weighted by molar-refractivity contribution is 0.0696. The number of methoxy groups -OCH3 is 1. The summed E-state index contributed by atoms with van der Waals surface area (Å²) in [5.74, 6) is 0.367. The molecule has 2 saturated heterocycles. The molecule has 2 bridgehead atoms. The lowest BCUT2D eigenvalue weighted by Crippen LogP contribution is -2.50. The highest BCUT2D eigenvalue weighted by Crippen LogP contribution is 2.38. The Hall–Kier alpha value is -3.13. The first-order valence-electron chi connectivity index (χ1n) is 11.1. The number of aliphatic hydroxyl groups excluding tert-OH is 1. The van der Waals surface area contributed by atoms with E-state index in [1.54, 1.807) is 19.2 Å². The number of benzene rings is 1. The molecule has 8 heteroatoms. The van der Waals surface area contributed by atoms with Crippen molar-refractivity contribution < 1.29 is 24.5 Å². The van der Waals surface area contributed by atoms with Gasteiger partial charge in [0.1, 0.15) is 11.6 Å². The van der Waals surface area contributed by atoms with E-state index < -0.39 is 5.97 Å². The lowest BCUT2D eigenvalue weighted by Gasteiger charge is -2.40. The van der Waals surface area contributed by atoms with Gasteiger partial charge in [0.25, 0.3) is 5.91 Å². The molecule has 1 unspecified atom stereocenters. The number of piperidine rings is 1. The van der Waals surface area contributed by atoms with Crippen molar-refractivity contribution in [2.75, 3.05) is 18.6 Å². The molecule has 1 amide bonds. The van der Waals surface area contributed by atoms with Crippen LogP contribution < -0.4 is 15.0 Å². The summed E-state index contributed by atoms with van der Waals surface area (Å²) < 4.78 is 5.44. The number of pyridine rings is 1. The predicted octanol–water partition coefficient (Wildman–Crippen LogP) is 2.64. The van der Waals surface area contributed by atoms with Gasteiger partial charge < -0.3 is 25.2 Å². The number of amides is 1. The molecule has 2 aliphatic heterocycles.